The summed E-state index contributed by atoms with van der Waals surface area (Å²) < 4.78 is 0.861. The van der Waals surface area contributed by atoms with Crippen molar-refractivity contribution < 1.29 is 0 Å². The van der Waals surface area contributed by atoms with Crippen LogP contribution in [-0.2, 0) is 0 Å². The van der Waals surface area contributed by atoms with Crippen LogP contribution in [0.4, 0.5) is 0 Å². The molecule has 1 aromatic heterocycles. The molecule has 0 spiro atoms. The first-order chi connectivity index (χ1) is 8.93. The van der Waals surface area contributed by atoms with E-state index in [1.807, 2.05) is 6.07 Å². The summed E-state index contributed by atoms with van der Waals surface area (Å²) in [5.41, 5.74) is 6.79. The number of piperidine rings is 1. The zero-order valence-corrected chi connectivity index (χ0v) is 13.7. The predicted octanol–water partition coefficient (Wildman–Crippen LogP) is 4.30. The number of hydrogen-bond acceptors (Lipinski definition) is 3. The Bertz CT molecular complexity index is 416. The van der Waals surface area contributed by atoms with E-state index >= 15 is 0 Å². The van der Waals surface area contributed by atoms with Gasteiger partial charge in [0.1, 0.15) is 0 Å². The van der Waals surface area contributed by atoms with Crippen LogP contribution in [0.3, 0.4) is 0 Å². The van der Waals surface area contributed by atoms with Crippen molar-refractivity contribution in [1.29, 1.82) is 0 Å². The zero-order valence-electron chi connectivity index (χ0n) is 12.2. The molecule has 0 radical (unpaired) electrons. The van der Waals surface area contributed by atoms with E-state index in [9.17, 15) is 0 Å². The SMILES string of the molecule is CCC(N)C(c1ccc(Cl)s1)N1CCCC(C)(C)C1. The Balaban J connectivity index is 2.22. The standard InChI is InChI=1S/C15H25ClN2S/c1-4-11(17)14(12-6-7-13(16)19-12)18-9-5-8-15(2,3)10-18/h6-7,11,14H,4-5,8-10,17H2,1-3H3. The van der Waals surface area contributed by atoms with E-state index in [1.54, 1.807) is 11.3 Å². The van der Waals surface area contributed by atoms with E-state index in [4.69, 9.17) is 17.3 Å². The second-order valence-corrected chi connectivity index (χ2v) is 8.14. The zero-order chi connectivity index (χ0) is 14.0. The normalized spacial score (nSPS) is 23.2. The van der Waals surface area contributed by atoms with E-state index in [0.29, 0.717) is 11.5 Å². The summed E-state index contributed by atoms with van der Waals surface area (Å²) in [4.78, 5) is 3.89. The summed E-state index contributed by atoms with van der Waals surface area (Å²) in [6.45, 7) is 9.16. The third kappa shape index (κ3) is 3.72. The molecule has 0 bridgehead atoms. The summed E-state index contributed by atoms with van der Waals surface area (Å²) in [6, 6.07) is 4.64. The lowest BCUT2D eigenvalue weighted by Gasteiger charge is -2.43. The third-order valence-electron chi connectivity index (χ3n) is 4.09. The van der Waals surface area contributed by atoms with Gasteiger partial charge in [-0.1, -0.05) is 32.4 Å². The highest BCUT2D eigenvalue weighted by Gasteiger charge is 2.34. The molecule has 4 heteroatoms. The van der Waals surface area contributed by atoms with Gasteiger partial charge in [0.05, 0.1) is 10.4 Å². The van der Waals surface area contributed by atoms with E-state index in [1.165, 1.54) is 17.7 Å². The van der Waals surface area contributed by atoms with Crippen LogP contribution in [0.2, 0.25) is 4.34 Å². The van der Waals surface area contributed by atoms with Crippen LogP contribution in [0.1, 0.15) is 51.0 Å². The number of rotatable bonds is 4. The summed E-state index contributed by atoms with van der Waals surface area (Å²) in [5, 5.41) is 0. The van der Waals surface area contributed by atoms with Gasteiger partial charge in [-0.3, -0.25) is 4.90 Å². The van der Waals surface area contributed by atoms with Gasteiger partial charge in [-0.05, 0) is 43.4 Å². The van der Waals surface area contributed by atoms with E-state index in [2.05, 4.69) is 31.7 Å². The Hall–Kier alpha value is -0.0900. The van der Waals surface area contributed by atoms with Gasteiger partial charge in [-0.2, -0.15) is 0 Å². The van der Waals surface area contributed by atoms with Gasteiger partial charge in [-0.15, -0.1) is 11.3 Å². The lowest BCUT2D eigenvalue weighted by molar-refractivity contribution is 0.0672. The summed E-state index contributed by atoms with van der Waals surface area (Å²) >= 11 is 7.78. The molecule has 1 aliphatic rings. The highest BCUT2D eigenvalue weighted by Crippen LogP contribution is 2.38. The fourth-order valence-electron chi connectivity index (χ4n) is 3.08. The predicted molar refractivity (Wildman–Crippen MR) is 84.9 cm³/mol. The average molecular weight is 301 g/mol. The average Bonchev–Trinajstić information content (AvgIpc) is 2.74. The van der Waals surface area contributed by atoms with E-state index in [0.717, 1.165) is 23.8 Å². The molecule has 2 N–H and O–H groups in total. The second-order valence-electron chi connectivity index (χ2n) is 6.40. The maximum absolute atomic E-state index is 6.40. The number of hydrogen-bond donors (Lipinski definition) is 1. The molecule has 0 aliphatic carbocycles. The van der Waals surface area contributed by atoms with Crippen molar-refractivity contribution in [3.8, 4) is 0 Å². The molecule has 2 nitrogen and oxygen atoms in total. The molecule has 1 saturated heterocycles. The molecule has 108 valence electrons. The molecule has 2 unspecified atom stereocenters. The van der Waals surface area contributed by atoms with Gasteiger partial charge < -0.3 is 5.73 Å². The van der Waals surface area contributed by atoms with Crippen LogP contribution in [0, 0.1) is 5.41 Å². The van der Waals surface area contributed by atoms with Crippen molar-refractivity contribution in [3.63, 3.8) is 0 Å². The molecule has 0 aromatic carbocycles. The number of halogens is 1. The number of nitrogens with two attached hydrogens (primary N) is 1. The smallest absolute Gasteiger partial charge is 0.0931 e. The largest absolute Gasteiger partial charge is 0.326 e. The lowest BCUT2D eigenvalue weighted by atomic mass is 9.83. The van der Waals surface area contributed by atoms with Crippen LogP contribution < -0.4 is 5.73 Å². The van der Waals surface area contributed by atoms with Crippen LogP contribution in [0.15, 0.2) is 12.1 Å². The molecule has 0 amide bonds. The molecule has 1 aromatic rings. The van der Waals surface area contributed by atoms with Crippen molar-refractivity contribution in [3.05, 3.63) is 21.3 Å². The first kappa shape index (κ1) is 15.3. The Labute approximate surface area is 125 Å². The van der Waals surface area contributed by atoms with E-state index < -0.39 is 0 Å². The maximum atomic E-state index is 6.40. The molecule has 1 fully saturated rings. The van der Waals surface area contributed by atoms with Crippen molar-refractivity contribution in [2.24, 2.45) is 11.1 Å². The topological polar surface area (TPSA) is 29.3 Å². The minimum Gasteiger partial charge on any atom is -0.326 e. The molecule has 0 saturated carbocycles. The Morgan fingerprint density at radius 2 is 2.21 bits per heavy atom. The van der Waals surface area contributed by atoms with Gasteiger partial charge in [0.15, 0.2) is 0 Å². The first-order valence-corrected chi connectivity index (χ1v) is 8.37. The Morgan fingerprint density at radius 1 is 1.47 bits per heavy atom. The second kappa shape index (κ2) is 6.13. The van der Waals surface area contributed by atoms with Crippen LogP contribution in [-0.4, -0.2) is 24.0 Å². The van der Waals surface area contributed by atoms with Crippen LogP contribution in [0.5, 0.6) is 0 Å². The molecule has 2 atom stereocenters. The quantitative estimate of drug-likeness (QED) is 0.898. The Morgan fingerprint density at radius 3 is 2.74 bits per heavy atom. The molecule has 2 heterocycles. The molecule has 2 rings (SSSR count). The molecule has 1 aliphatic heterocycles. The summed E-state index contributed by atoms with van der Waals surface area (Å²) in [5.74, 6) is 0. The highest BCUT2D eigenvalue weighted by molar-refractivity contribution is 7.16. The van der Waals surface area contributed by atoms with E-state index in [-0.39, 0.29) is 6.04 Å². The van der Waals surface area contributed by atoms with Crippen LogP contribution in [0.25, 0.3) is 0 Å². The van der Waals surface area contributed by atoms with Crippen molar-refractivity contribution in [2.45, 2.75) is 52.1 Å². The fourth-order valence-corrected chi connectivity index (χ4v) is 4.35. The Kier molecular flexibility index (Phi) is 4.93. The highest BCUT2D eigenvalue weighted by atomic mass is 35.5. The molecular weight excluding hydrogens is 276 g/mol. The maximum Gasteiger partial charge on any atom is 0.0931 e. The fraction of sp³-hybridized carbons (Fsp3) is 0.733. The van der Waals surface area contributed by atoms with Gasteiger partial charge >= 0.3 is 0 Å². The molecular formula is C15H25ClN2S. The number of nitrogens with zero attached hydrogens (tertiary/aromatic N) is 1. The van der Waals surface area contributed by atoms with Gasteiger partial charge in [0.25, 0.3) is 0 Å². The monoisotopic (exact) mass is 300 g/mol. The summed E-state index contributed by atoms with van der Waals surface area (Å²) in [6.07, 6.45) is 3.57. The number of likely N-dealkylation sites (tertiary alicyclic amines) is 1. The third-order valence-corrected chi connectivity index (χ3v) is 5.39. The number of thiophene rings is 1. The van der Waals surface area contributed by atoms with Crippen molar-refractivity contribution >= 4 is 22.9 Å². The van der Waals surface area contributed by atoms with Gasteiger partial charge in [-0.25, -0.2) is 0 Å². The van der Waals surface area contributed by atoms with Gasteiger partial charge in [0.2, 0.25) is 0 Å². The van der Waals surface area contributed by atoms with Crippen molar-refractivity contribution in [2.75, 3.05) is 13.1 Å². The minimum atomic E-state index is 0.184. The summed E-state index contributed by atoms with van der Waals surface area (Å²) in [7, 11) is 0. The van der Waals surface area contributed by atoms with Crippen molar-refractivity contribution in [1.82, 2.24) is 4.90 Å². The van der Waals surface area contributed by atoms with Crippen LogP contribution >= 0.6 is 22.9 Å². The van der Waals surface area contributed by atoms with Gasteiger partial charge in [0, 0.05) is 17.5 Å². The first-order valence-electron chi connectivity index (χ1n) is 7.18. The minimum absolute atomic E-state index is 0.184. The molecule has 19 heavy (non-hydrogen) atoms. The lowest BCUT2D eigenvalue weighted by Crippen LogP contribution is -2.47.